The molecule has 1 aromatic heterocycles. The number of primary amides is 1. The lowest BCUT2D eigenvalue weighted by molar-refractivity contribution is 0.1000. The van der Waals surface area contributed by atoms with E-state index in [4.69, 9.17) is 17.3 Å². The van der Waals surface area contributed by atoms with Crippen molar-refractivity contribution in [3.05, 3.63) is 76.4 Å². The van der Waals surface area contributed by atoms with Crippen LogP contribution in [0.2, 0.25) is 5.02 Å². The van der Waals surface area contributed by atoms with Gasteiger partial charge < -0.3 is 16.0 Å². The Morgan fingerprint density at radius 2 is 1.96 bits per heavy atom. The van der Waals surface area contributed by atoms with Gasteiger partial charge in [-0.25, -0.2) is 0 Å². The van der Waals surface area contributed by atoms with E-state index in [-0.39, 0.29) is 0 Å². The van der Waals surface area contributed by atoms with Crippen molar-refractivity contribution < 1.29 is 4.79 Å². The van der Waals surface area contributed by atoms with Gasteiger partial charge in [0, 0.05) is 34.2 Å². The van der Waals surface area contributed by atoms with E-state index in [0.29, 0.717) is 17.1 Å². The Balaban J connectivity index is 1.88. The lowest BCUT2D eigenvalue weighted by Gasteiger charge is -2.11. The first kappa shape index (κ1) is 16.1. The highest BCUT2D eigenvalue weighted by atomic mass is 35.5. The Morgan fingerprint density at radius 1 is 1.17 bits per heavy atom. The summed E-state index contributed by atoms with van der Waals surface area (Å²) in [4.78, 5) is 14.7. The van der Waals surface area contributed by atoms with Gasteiger partial charge in [-0.3, -0.25) is 4.79 Å². The van der Waals surface area contributed by atoms with Gasteiger partial charge in [0.1, 0.15) is 0 Å². The number of benzene rings is 2. The minimum atomic E-state index is -0.431. The minimum Gasteiger partial charge on any atom is -0.380 e. The molecule has 1 amide bonds. The summed E-state index contributed by atoms with van der Waals surface area (Å²) < 4.78 is 0. The normalized spacial score (nSPS) is 10.6. The first-order valence-corrected chi connectivity index (χ1v) is 7.99. The number of carbonyl (C=O) groups is 1. The number of aromatic nitrogens is 1. The van der Waals surface area contributed by atoms with Crippen molar-refractivity contribution in [2.75, 3.05) is 5.32 Å². The highest BCUT2D eigenvalue weighted by Gasteiger charge is 2.13. The molecular formula is C19H18ClN3O. The second kappa shape index (κ2) is 6.81. The lowest BCUT2D eigenvalue weighted by Crippen LogP contribution is -2.10. The van der Waals surface area contributed by atoms with E-state index < -0.39 is 5.91 Å². The van der Waals surface area contributed by atoms with Crippen LogP contribution in [0.3, 0.4) is 0 Å². The summed E-state index contributed by atoms with van der Waals surface area (Å²) in [5.41, 5.74) is 10.6. The minimum absolute atomic E-state index is 0.431. The fourth-order valence-corrected chi connectivity index (χ4v) is 2.89. The van der Waals surface area contributed by atoms with Crippen LogP contribution in [0.15, 0.2) is 54.6 Å². The number of nitrogens with two attached hydrogens (primary N) is 1. The topological polar surface area (TPSA) is 70.9 Å². The number of rotatable bonds is 5. The number of anilines is 1. The molecule has 1 heterocycles. The molecule has 0 saturated carbocycles. The molecular weight excluding hydrogens is 322 g/mol. The molecule has 0 spiro atoms. The third-order valence-electron chi connectivity index (χ3n) is 3.87. The molecule has 0 aliphatic heterocycles. The summed E-state index contributed by atoms with van der Waals surface area (Å²) in [6.07, 6.45) is 0. The van der Waals surface area contributed by atoms with Crippen molar-refractivity contribution in [2.45, 2.75) is 13.5 Å². The van der Waals surface area contributed by atoms with Gasteiger partial charge >= 0.3 is 0 Å². The van der Waals surface area contributed by atoms with Crippen LogP contribution in [0.1, 0.15) is 21.6 Å². The molecule has 122 valence electrons. The number of hydrogen-bond donors (Lipinski definition) is 3. The summed E-state index contributed by atoms with van der Waals surface area (Å²) in [5.74, 6) is -0.431. The highest BCUT2D eigenvalue weighted by molar-refractivity contribution is 6.30. The van der Waals surface area contributed by atoms with E-state index in [1.54, 1.807) is 6.07 Å². The largest absolute Gasteiger partial charge is 0.380 e. The van der Waals surface area contributed by atoms with Crippen LogP contribution in [0, 0.1) is 6.92 Å². The summed E-state index contributed by atoms with van der Waals surface area (Å²) in [7, 11) is 0. The van der Waals surface area contributed by atoms with E-state index in [1.807, 2.05) is 55.5 Å². The molecule has 24 heavy (non-hydrogen) atoms. The van der Waals surface area contributed by atoms with Gasteiger partial charge in [-0.15, -0.1) is 0 Å². The molecule has 0 unspecified atom stereocenters. The fourth-order valence-electron chi connectivity index (χ4n) is 2.68. The van der Waals surface area contributed by atoms with Gasteiger partial charge in [0.2, 0.25) is 0 Å². The van der Waals surface area contributed by atoms with E-state index in [0.717, 1.165) is 28.2 Å². The van der Waals surface area contributed by atoms with Gasteiger partial charge in [-0.2, -0.15) is 0 Å². The van der Waals surface area contributed by atoms with Gasteiger partial charge in [-0.05, 0) is 36.8 Å². The van der Waals surface area contributed by atoms with Crippen molar-refractivity contribution in [3.8, 4) is 11.3 Å². The van der Waals surface area contributed by atoms with Crippen LogP contribution in [-0.2, 0) is 6.54 Å². The van der Waals surface area contributed by atoms with Gasteiger partial charge in [-0.1, -0.05) is 41.9 Å². The van der Waals surface area contributed by atoms with E-state index in [1.165, 1.54) is 0 Å². The maximum atomic E-state index is 11.5. The monoisotopic (exact) mass is 339 g/mol. The number of halogens is 1. The molecule has 2 aromatic carbocycles. The maximum Gasteiger partial charge on any atom is 0.250 e. The predicted octanol–water partition coefficient (Wildman–Crippen LogP) is 4.35. The van der Waals surface area contributed by atoms with Gasteiger partial charge in [0.15, 0.2) is 0 Å². The van der Waals surface area contributed by atoms with Crippen molar-refractivity contribution in [1.29, 1.82) is 0 Å². The van der Waals surface area contributed by atoms with Crippen molar-refractivity contribution >= 4 is 23.2 Å². The highest BCUT2D eigenvalue weighted by Crippen LogP contribution is 2.29. The number of aryl methyl sites for hydroxylation is 1. The smallest absolute Gasteiger partial charge is 0.250 e. The quantitative estimate of drug-likeness (QED) is 0.646. The Labute approximate surface area is 145 Å². The van der Waals surface area contributed by atoms with Crippen LogP contribution in [0.5, 0.6) is 0 Å². The predicted molar refractivity (Wildman–Crippen MR) is 98.3 cm³/mol. The molecule has 4 N–H and O–H groups in total. The van der Waals surface area contributed by atoms with Crippen LogP contribution < -0.4 is 11.1 Å². The molecule has 5 heteroatoms. The number of aromatic amines is 1. The third kappa shape index (κ3) is 3.44. The Kier molecular flexibility index (Phi) is 4.58. The van der Waals surface area contributed by atoms with Gasteiger partial charge in [0.05, 0.1) is 5.56 Å². The molecule has 0 aliphatic rings. The SMILES string of the molecule is Cc1[nH]c(-c2ccccc2NCc2cccc(Cl)c2)cc1C(N)=O. The zero-order valence-corrected chi connectivity index (χ0v) is 14.0. The second-order valence-corrected chi connectivity index (χ2v) is 6.05. The maximum absolute atomic E-state index is 11.5. The molecule has 0 fully saturated rings. The Bertz CT molecular complexity index is 886. The molecule has 3 rings (SSSR count). The molecule has 3 aromatic rings. The number of carbonyl (C=O) groups excluding carboxylic acids is 1. The summed E-state index contributed by atoms with van der Waals surface area (Å²) in [6, 6.07) is 17.4. The van der Waals surface area contributed by atoms with Crippen LogP contribution in [0.25, 0.3) is 11.3 Å². The molecule has 0 aliphatic carbocycles. The summed E-state index contributed by atoms with van der Waals surface area (Å²) in [5, 5.41) is 4.13. The first-order valence-electron chi connectivity index (χ1n) is 7.61. The molecule has 4 nitrogen and oxygen atoms in total. The zero-order chi connectivity index (χ0) is 17.1. The zero-order valence-electron chi connectivity index (χ0n) is 13.3. The summed E-state index contributed by atoms with van der Waals surface area (Å²) >= 11 is 6.03. The first-order chi connectivity index (χ1) is 11.5. The van der Waals surface area contributed by atoms with Crippen molar-refractivity contribution in [1.82, 2.24) is 4.98 Å². The lowest BCUT2D eigenvalue weighted by atomic mass is 10.1. The molecule has 0 saturated heterocycles. The van der Waals surface area contributed by atoms with E-state index >= 15 is 0 Å². The number of nitrogens with one attached hydrogen (secondary N) is 2. The fraction of sp³-hybridized carbons (Fsp3) is 0.105. The summed E-state index contributed by atoms with van der Waals surface area (Å²) in [6.45, 7) is 2.49. The van der Waals surface area contributed by atoms with E-state index in [9.17, 15) is 4.79 Å². The molecule has 0 bridgehead atoms. The van der Waals surface area contributed by atoms with Crippen LogP contribution >= 0.6 is 11.6 Å². The second-order valence-electron chi connectivity index (χ2n) is 5.61. The number of H-pyrrole nitrogens is 1. The van der Waals surface area contributed by atoms with E-state index in [2.05, 4.69) is 10.3 Å². The Hall–Kier alpha value is -2.72. The van der Waals surface area contributed by atoms with Gasteiger partial charge in [0.25, 0.3) is 5.91 Å². The molecule has 0 atom stereocenters. The average Bonchev–Trinajstić information content (AvgIpc) is 2.95. The third-order valence-corrected chi connectivity index (χ3v) is 4.10. The van der Waals surface area contributed by atoms with Crippen LogP contribution in [-0.4, -0.2) is 10.9 Å². The number of hydrogen-bond acceptors (Lipinski definition) is 2. The molecule has 0 radical (unpaired) electrons. The number of amides is 1. The standard InChI is InChI=1S/C19H18ClN3O/c1-12-16(19(21)24)10-18(23-12)15-7-2-3-8-17(15)22-11-13-5-4-6-14(20)9-13/h2-10,22-23H,11H2,1H3,(H2,21,24). The average molecular weight is 340 g/mol. The number of para-hydroxylation sites is 1. The Morgan fingerprint density at radius 3 is 2.67 bits per heavy atom. The van der Waals surface area contributed by atoms with Crippen molar-refractivity contribution in [3.63, 3.8) is 0 Å². The van der Waals surface area contributed by atoms with Crippen LogP contribution in [0.4, 0.5) is 5.69 Å². The van der Waals surface area contributed by atoms with Crippen molar-refractivity contribution in [2.24, 2.45) is 5.73 Å².